The van der Waals surface area contributed by atoms with Crippen molar-refractivity contribution >= 4 is 29.8 Å². The summed E-state index contributed by atoms with van der Waals surface area (Å²) < 4.78 is 6.53. The van der Waals surface area contributed by atoms with Gasteiger partial charge in [0.2, 0.25) is 5.16 Å². The molecule has 1 aliphatic rings. The zero-order valence-electron chi connectivity index (χ0n) is 12.2. The van der Waals surface area contributed by atoms with E-state index in [-0.39, 0.29) is 17.9 Å². The van der Waals surface area contributed by atoms with E-state index in [0.717, 1.165) is 5.69 Å². The fourth-order valence-corrected chi connectivity index (χ4v) is 3.90. The average molecular weight is 336 g/mol. The van der Waals surface area contributed by atoms with Gasteiger partial charge in [-0.05, 0) is 28.5 Å². The largest absolute Gasteiger partial charge is 0.272 e. The normalized spacial score (nSPS) is 18.4. The van der Waals surface area contributed by atoms with Gasteiger partial charge in [-0.25, -0.2) is 4.72 Å². The van der Waals surface area contributed by atoms with Gasteiger partial charge in [0.15, 0.2) is 0 Å². The number of hydrogen-bond donors (Lipinski definition) is 1. The van der Waals surface area contributed by atoms with Gasteiger partial charge in [0.1, 0.15) is 6.04 Å². The van der Waals surface area contributed by atoms with Crippen molar-refractivity contribution in [3.05, 3.63) is 30.3 Å². The smallest absolute Gasteiger partial charge is 0.252 e. The van der Waals surface area contributed by atoms with E-state index in [1.54, 1.807) is 8.99 Å². The third kappa shape index (κ3) is 3.11. The molecule has 1 aromatic carbocycles. The molecule has 1 aromatic heterocycles. The molecule has 0 radical (unpaired) electrons. The number of carbonyl (C=O) groups excluding carboxylic acids is 1. The second kappa shape index (κ2) is 6.67. The van der Waals surface area contributed by atoms with E-state index >= 15 is 0 Å². The van der Waals surface area contributed by atoms with Crippen LogP contribution in [0.3, 0.4) is 0 Å². The van der Waals surface area contributed by atoms with Gasteiger partial charge in [0.05, 0.1) is 11.6 Å². The zero-order valence-corrected chi connectivity index (χ0v) is 13.8. The lowest BCUT2D eigenvalue weighted by molar-refractivity contribution is -0.126. The number of nitrogens with one attached hydrogen (secondary N) is 1. The lowest BCUT2D eigenvalue weighted by Crippen LogP contribution is -2.34. The van der Waals surface area contributed by atoms with Crippen molar-refractivity contribution in [1.29, 1.82) is 0 Å². The summed E-state index contributed by atoms with van der Waals surface area (Å²) in [6, 6.07) is 9.55. The number of amides is 1. The highest BCUT2D eigenvalue weighted by molar-refractivity contribution is 8.01. The fourth-order valence-electron chi connectivity index (χ4n) is 2.00. The Morgan fingerprint density at radius 3 is 2.82 bits per heavy atom. The summed E-state index contributed by atoms with van der Waals surface area (Å²) in [6.07, 6.45) is 0. The third-order valence-electron chi connectivity index (χ3n) is 3.22. The molecule has 1 aliphatic heterocycles. The number of para-hydroxylation sites is 1. The summed E-state index contributed by atoms with van der Waals surface area (Å²) in [5.41, 5.74) is 0.897. The minimum Gasteiger partial charge on any atom is -0.272 e. The third-order valence-corrected chi connectivity index (χ3v) is 5.17. The maximum Gasteiger partial charge on any atom is 0.252 e. The van der Waals surface area contributed by atoms with Crippen molar-refractivity contribution in [2.75, 3.05) is 5.88 Å². The van der Waals surface area contributed by atoms with Crippen molar-refractivity contribution in [1.82, 2.24) is 29.2 Å². The van der Waals surface area contributed by atoms with E-state index in [2.05, 4.69) is 20.2 Å². The summed E-state index contributed by atoms with van der Waals surface area (Å²) in [7, 11) is 0. The van der Waals surface area contributed by atoms with Crippen LogP contribution < -0.4 is 4.72 Å². The number of rotatable bonds is 5. The first-order valence-corrected chi connectivity index (χ1v) is 8.63. The Kier molecular flexibility index (Phi) is 4.65. The van der Waals surface area contributed by atoms with Crippen LogP contribution in [0.5, 0.6) is 0 Å². The number of tetrazole rings is 1. The summed E-state index contributed by atoms with van der Waals surface area (Å²) >= 11 is 2.78. The highest BCUT2D eigenvalue weighted by Gasteiger charge is 2.34. The Morgan fingerprint density at radius 2 is 2.14 bits per heavy atom. The summed E-state index contributed by atoms with van der Waals surface area (Å²) in [4.78, 5) is 12.2. The number of thioether (sulfide) groups is 1. The molecule has 9 heteroatoms. The van der Waals surface area contributed by atoms with Crippen LogP contribution >= 0.6 is 23.9 Å². The molecule has 1 unspecified atom stereocenters. The molecule has 0 saturated carbocycles. The molecular formula is C13H16N6OS2. The highest BCUT2D eigenvalue weighted by atomic mass is 32.2. The van der Waals surface area contributed by atoms with Crippen LogP contribution in [0.4, 0.5) is 0 Å². The van der Waals surface area contributed by atoms with Crippen LogP contribution in [-0.2, 0) is 4.79 Å². The molecule has 0 aliphatic carbocycles. The van der Waals surface area contributed by atoms with Crippen LogP contribution in [0.2, 0.25) is 0 Å². The number of carbonyl (C=O) groups is 1. The SMILES string of the molecule is CC(C)C1NSN(CSc2nnnn2-c2ccccc2)C1=O. The first kappa shape index (κ1) is 15.3. The topological polar surface area (TPSA) is 75.9 Å². The molecule has 1 saturated heterocycles. The van der Waals surface area contributed by atoms with Crippen molar-refractivity contribution in [2.24, 2.45) is 5.92 Å². The molecule has 7 nitrogen and oxygen atoms in total. The van der Waals surface area contributed by atoms with Crippen LogP contribution in [0.25, 0.3) is 5.69 Å². The second-order valence-corrected chi connectivity index (χ2v) is 6.90. The van der Waals surface area contributed by atoms with Crippen molar-refractivity contribution in [3.8, 4) is 5.69 Å². The quantitative estimate of drug-likeness (QED) is 0.658. The molecule has 0 spiro atoms. The monoisotopic (exact) mass is 336 g/mol. The minimum absolute atomic E-state index is 0.103. The lowest BCUT2D eigenvalue weighted by Gasteiger charge is -2.14. The number of benzene rings is 1. The average Bonchev–Trinajstić information content (AvgIpc) is 3.12. The zero-order chi connectivity index (χ0) is 15.5. The lowest BCUT2D eigenvalue weighted by atomic mass is 10.1. The predicted octanol–water partition coefficient (Wildman–Crippen LogP) is 1.73. The molecule has 116 valence electrons. The van der Waals surface area contributed by atoms with E-state index in [1.807, 2.05) is 44.2 Å². The van der Waals surface area contributed by atoms with Gasteiger partial charge in [-0.15, -0.1) is 5.10 Å². The number of aromatic nitrogens is 4. The Hall–Kier alpha value is -1.58. The van der Waals surface area contributed by atoms with Gasteiger partial charge in [0.25, 0.3) is 5.91 Å². The fraction of sp³-hybridized carbons (Fsp3) is 0.385. The van der Waals surface area contributed by atoms with Crippen LogP contribution in [0.15, 0.2) is 35.5 Å². The van der Waals surface area contributed by atoms with E-state index in [4.69, 9.17) is 0 Å². The van der Waals surface area contributed by atoms with Crippen LogP contribution in [0.1, 0.15) is 13.8 Å². The molecule has 0 bridgehead atoms. The molecule has 1 amide bonds. The second-order valence-electron chi connectivity index (χ2n) is 5.13. The van der Waals surface area contributed by atoms with E-state index in [9.17, 15) is 4.79 Å². The van der Waals surface area contributed by atoms with Crippen LogP contribution in [-0.4, -0.2) is 42.3 Å². The molecule has 1 fully saturated rings. The Labute approximate surface area is 137 Å². The molecular weight excluding hydrogens is 320 g/mol. The first-order valence-electron chi connectivity index (χ1n) is 6.87. The maximum atomic E-state index is 12.2. The number of hydrogen-bond acceptors (Lipinski definition) is 7. The molecule has 3 rings (SSSR count). The van der Waals surface area contributed by atoms with E-state index in [0.29, 0.717) is 11.0 Å². The van der Waals surface area contributed by atoms with Crippen LogP contribution in [0, 0.1) is 5.92 Å². The van der Waals surface area contributed by atoms with Gasteiger partial charge in [-0.2, -0.15) is 4.68 Å². The van der Waals surface area contributed by atoms with Gasteiger partial charge in [0, 0.05) is 12.1 Å². The Bertz CT molecular complexity index is 647. The summed E-state index contributed by atoms with van der Waals surface area (Å²) in [5.74, 6) is 0.864. The van der Waals surface area contributed by atoms with Gasteiger partial charge < -0.3 is 0 Å². The van der Waals surface area contributed by atoms with Crippen molar-refractivity contribution in [2.45, 2.75) is 25.0 Å². The van der Waals surface area contributed by atoms with E-state index in [1.165, 1.54) is 23.9 Å². The van der Waals surface area contributed by atoms with Gasteiger partial charge >= 0.3 is 0 Å². The van der Waals surface area contributed by atoms with Crippen molar-refractivity contribution < 1.29 is 4.79 Å². The molecule has 1 atom stereocenters. The minimum atomic E-state index is -0.129. The molecule has 22 heavy (non-hydrogen) atoms. The molecule has 2 aromatic rings. The highest BCUT2D eigenvalue weighted by Crippen LogP contribution is 2.27. The predicted molar refractivity (Wildman–Crippen MR) is 86.1 cm³/mol. The maximum absolute atomic E-state index is 12.2. The number of nitrogens with zero attached hydrogens (tertiary/aromatic N) is 5. The Balaban J connectivity index is 1.66. The van der Waals surface area contributed by atoms with Gasteiger partial charge in [-0.1, -0.05) is 43.8 Å². The standard InChI is InChI=1S/C13H16N6OS2/c1-9(2)11-12(20)18(22-15-11)8-21-13-14-16-17-19(13)10-6-4-3-5-7-10/h3-7,9,11,15H,8H2,1-2H3. The first-order chi connectivity index (χ1) is 10.7. The summed E-state index contributed by atoms with van der Waals surface area (Å²) in [5, 5.41) is 12.4. The Morgan fingerprint density at radius 1 is 1.36 bits per heavy atom. The summed E-state index contributed by atoms with van der Waals surface area (Å²) in [6.45, 7) is 4.06. The van der Waals surface area contributed by atoms with Gasteiger partial charge in [-0.3, -0.25) is 9.10 Å². The van der Waals surface area contributed by atoms with E-state index < -0.39 is 0 Å². The molecule has 2 heterocycles. The van der Waals surface area contributed by atoms with Crippen molar-refractivity contribution in [3.63, 3.8) is 0 Å². The molecule has 1 N–H and O–H groups in total.